The fourth-order valence-electron chi connectivity index (χ4n) is 3.08. The monoisotopic (exact) mass is 309 g/mol. The molecule has 0 bridgehead atoms. The molecule has 1 aliphatic rings. The second-order valence-electron chi connectivity index (χ2n) is 6.25. The van der Waals surface area contributed by atoms with E-state index in [-0.39, 0.29) is 11.9 Å². The number of hydrogen-bond donors (Lipinski definition) is 1. The van der Waals surface area contributed by atoms with Gasteiger partial charge in [-0.3, -0.25) is 14.7 Å². The highest BCUT2D eigenvalue weighted by Crippen LogP contribution is 2.15. The Morgan fingerprint density at radius 3 is 2.65 bits per heavy atom. The summed E-state index contributed by atoms with van der Waals surface area (Å²) in [4.78, 5) is 18.6. The van der Waals surface area contributed by atoms with Gasteiger partial charge in [0.05, 0.1) is 0 Å². The van der Waals surface area contributed by atoms with Gasteiger partial charge in [-0.1, -0.05) is 29.8 Å². The number of rotatable bonds is 4. The molecule has 0 saturated carbocycles. The van der Waals surface area contributed by atoms with Crippen LogP contribution in [0.3, 0.4) is 0 Å². The number of aromatic nitrogens is 1. The van der Waals surface area contributed by atoms with Crippen molar-refractivity contribution in [3.05, 3.63) is 65.5 Å². The van der Waals surface area contributed by atoms with E-state index < -0.39 is 0 Å². The molecule has 3 rings (SSSR count). The Bertz CT molecular complexity index is 649. The van der Waals surface area contributed by atoms with E-state index in [0.29, 0.717) is 5.56 Å². The third-order valence-corrected chi connectivity index (χ3v) is 4.35. The molecule has 1 aromatic carbocycles. The van der Waals surface area contributed by atoms with Gasteiger partial charge in [-0.05, 0) is 37.5 Å². The molecule has 1 N–H and O–H groups in total. The van der Waals surface area contributed by atoms with Crippen LogP contribution in [0.4, 0.5) is 0 Å². The summed E-state index contributed by atoms with van der Waals surface area (Å²) in [5, 5.41) is 3.14. The van der Waals surface area contributed by atoms with Crippen LogP contribution < -0.4 is 5.32 Å². The van der Waals surface area contributed by atoms with Crippen molar-refractivity contribution in [2.75, 3.05) is 13.1 Å². The second kappa shape index (κ2) is 7.38. The van der Waals surface area contributed by atoms with E-state index >= 15 is 0 Å². The molecule has 23 heavy (non-hydrogen) atoms. The topological polar surface area (TPSA) is 45.2 Å². The molecule has 1 aliphatic heterocycles. The average Bonchev–Trinajstić information content (AvgIpc) is 2.57. The van der Waals surface area contributed by atoms with Crippen molar-refractivity contribution in [1.29, 1.82) is 0 Å². The molecule has 4 heteroatoms. The second-order valence-corrected chi connectivity index (χ2v) is 6.25. The Morgan fingerprint density at radius 2 is 1.96 bits per heavy atom. The van der Waals surface area contributed by atoms with E-state index in [1.54, 1.807) is 24.5 Å². The first-order chi connectivity index (χ1) is 11.2. The quantitative estimate of drug-likeness (QED) is 0.944. The van der Waals surface area contributed by atoms with Crippen molar-refractivity contribution in [3.63, 3.8) is 0 Å². The zero-order chi connectivity index (χ0) is 16.1. The highest BCUT2D eigenvalue weighted by Gasteiger charge is 2.21. The van der Waals surface area contributed by atoms with E-state index in [2.05, 4.69) is 46.4 Å². The van der Waals surface area contributed by atoms with Crippen LogP contribution in [-0.2, 0) is 6.54 Å². The number of benzene rings is 1. The molecule has 1 aromatic heterocycles. The van der Waals surface area contributed by atoms with Crippen LogP contribution in [0.15, 0.2) is 48.8 Å². The smallest absolute Gasteiger partial charge is 0.251 e. The molecule has 2 heterocycles. The van der Waals surface area contributed by atoms with Crippen LogP contribution in [-0.4, -0.2) is 34.9 Å². The molecular formula is C19H23N3O. The molecule has 2 aromatic rings. The SMILES string of the molecule is Cc1cccc(CN2CCC(NC(=O)c3ccncc3)CC2)c1. The van der Waals surface area contributed by atoms with Crippen molar-refractivity contribution in [2.24, 2.45) is 0 Å². The third-order valence-electron chi connectivity index (χ3n) is 4.35. The summed E-state index contributed by atoms with van der Waals surface area (Å²) in [6.07, 6.45) is 5.31. The predicted octanol–water partition coefficient (Wildman–Crippen LogP) is 2.78. The zero-order valence-electron chi connectivity index (χ0n) is 13.5. The number of likely N-dealkylation sites (tertiary alicyclic amines) is 1. The summed E-state index contributed by atoms with van der Waals surface area (Å²) in [7, 11) is 0. The Labute approximate surface area is 137 Å². The maximum absolute atomic E-state index is 12.2. The molecule has 0 atom stereocenters. The van der Waals surface area contributed by atoms with E-state index in [9.17, 15) is 4.79 Å². The summed E-state index contributed by atoms with van der Waals surface area (Å²) < 4.78 is 0. The van der Waals surface area contributed by atoms with Gasteiger partial charge < -0.3 is 5.32 Å². The number of nitrogens with one attached hydrogen (secondary N) is 1. The summed E-state index contributed by atoms with van der Waals surface area (Å²) >= 11 is 0. The fourth-order valence-corrected chi connectivity index (χ4v) is 3.08. The van der Waals surface area contributed by atoms with Crippen LogP contribution in [0, 0.1) is 6.92 Å². The first-order valence-electron chi connectivity index (χ1n) is 8.19. The summed E-state index contributed by atoms with van der Waals surface area (Å²) in [5.74, 6) is 0.00420. The lowest BCUT2D eigenvalue weighted by atomic mass is 10.0. The standard InChI is InChI=1S/C19H23N3O/c1-15-3-2-4-16(13-15)14-22-11-7-18(8-12-22)21-19(23)17-5-9-20-10-6-17/h2-6,9-10,13,18H,7-8,11-12,14H2,1H3,(H,21,23). The molecule has 0 spiro atoms. The summed E-state index contributed by atoms with van der Waals surface area (Å²) in [6.45, 7) is 5.17. The third kappa shape index (κ3) is 4.39. The Hall–Kier alpha value is -2.20. The van der Waals surface area contributed by atoms with Gasteiger partial charge in [0.15, 0.2) is 0 Å². The van der Waals surface area contributed by atoms with Crippen molar-refractivity contribution in [1.82, 2.24) is 15.2 Å². The largest absolute Gasteiger partial charge is 0.349 e. The fraction of sp³-hybridized carbons (Fsp3) is 0.368. The average molecular weight is 309 g/mol. The number of hydrogen-bond acceptors (Lipinski definition) is 3. The molecule has 0 aliphatic carbocycles. The molecule has 4 nitrogen and oxygen atoms in total. The van der Waals surface area contributed by atoms with Gasteiger partial charge in [-0.15, -0.1) is 0 Å². The van der Waals surface area contributed by atoms with Gasteiger partial charge in [-0.25, -0.2) is 0 Å². The van der Waals surface area contributed by atoms with E-state index in [0.717, 1.165) is 32.5 Å². The molecule has 0 unspecified atom stereocenters. The maximum Gasteiger partial charge on any atom is 0.251 e. The van der Waals surface area contributed by atoms with E-state index in [4.69, 9.17) is 0 Å². The van der Waals surface area contributed by atoms with Gasteiger partial charge in [-0.2, -0.15) is 0 Å². The minimum Gasteiger partial charge on any atom is -0.349 e. The van der Waals surface area contributed by atoms with Crippen molar-refractivity contribution in [2.45, 2.75) is 32.4 Å². The maximum atomic E-state index is 12.2. The molecule has 120 valence electrons. The predicted molar refractivity (Wildman–Crippen MR) is 91.2 cm³/mol. The van der Waals surface area contributed by atoms with Crippen LogP contribution in [0.2, 0.25) is 0 Å². The highest BCUT2D eigenvalue weighted by molar-refractivity contribution is 5.94. The number of carbonyl (C=O) groups excluding carboxylic acids is 1. The van der Waals surface area contributed by atoms with Crippen LogP contribution in [0.25, 0.3) is 0 Å². The number of amides is 1. The van der Waals surface area contributed by atoms with Crippen molar-refractivity contribution >= 4 is 5.91 Å². The molecular weight excluding hydrogens is 286 g/mol. The number of piperidine rings is 1. The Balaban J connectivity index is 1.48. The minimum atomic E-state index is 0.00420. The normalized spacial score (nSPS) is 16.2. The van der Waals surface area contributed by atoms with E-state index in [1.165, 1.54) is 11.1 Å². The van der Waals surface area contributed by atoms with Crippen molar-refractivity contribution in [3.8, 4) is 0 Å². The lowest BCUT2D eigenvalue weighted by molar-refractivity contribution is 0.0909. The minimum absolute atomic E-state index is 0.00420. The zero-order valence-corrected chi connectivity index (χ0v) is 13.5. The van der Waals surface area contributed by atoms with Gasteiger partial charge in [0.1, 0.15) is 0 Å². The van der Waals surface area contributed by atoms with Gasteiger partial charge in [0, 0.05) is 43.6 Å². The van der Waals surface area contributed by atoms with Gasteiger partial charge in [0.2, 0.25) is 0 Å². The molecule has 0 radical (unpaired) electrons. The number of pyridine rings is 1. The highest BCUT2D eigenvalue weighted by atomic mass is 16.1. The van der Waals surface area contributed by atoms with Gasteiger partial charge in [0.25, 0.3) is 5.91 Å². The summed E-state index contributed by atoms with van der Waals surface area (Å²) in [5.41, 5.74) is 3.36. The van der Waals surface area contributed by atoms with E-state index in [1.807, 2.05) is 0 Å². The lowest BCUT2D eigenvalue weighted by Crippen LogP contribution is -2.44. The van der Waals surface area contributed by atoms with Crippen molar-refractivity contribution < 1.29 is 4.79 Å². The first kappa shape index (κ1) is 15.7. The van der Waals surface area contributed by atoms with Crippen LogP contribution in [0.1, 0.15) is 34.3 Å². The Kier molecular flexibility index (Phi) is 5.03. The molecule has 1 saturated heterocycles. The number of nitrogens with zero attached hydrogens (tertiary/aromatic N) is 2. The molecule has 1 amide bonds. The number of carbonyl (C=O) groups is 1. The van der Waals surface area contributed by atoms with Gasteiger partial charge >= 0.3 is 0 Å². The lowest BCUT2D eigenvalue weighted by Gasteiger charge is -2.32. The van der Waals surface area contributed by atoms with Crippen LogP contribution in [0.5, 0.6) is 0 Å². The first-order valence-corrected chi connectivity index (χ1v) is 8.19. The molecule has 1 fully saturated rings. The Morgan fingerprint density at radius 1 is 1.22 bits per heavy atom. The summed E-state index contributed by atoms with van der Waals surface area (Å²) in [6, 6.07) is 12.5. The number of aryl methyl sites for hydroxylation is 1. The van der Waals surface area contributed by atoms with Crippen LogP contribution >= 0.6 is 0 Å².